The van der Waals surface area contributed by atoms with Gasteiger partial charge < -0.3 is 14.4 Å². The Labute approximate surface area is 290 Å². The predicted molar refractivity (Wildman–Crippen MR) is 202 cm³/mol. The Morgan fingerprint density at radius 2 is 1.22 bits per heavy atom. The van der Waals surface area contributed by atoms with Crippen LogP contribution in [0.5, 0.6) is 23.0 Å². The molecule has 242 valence electrons. The van der Waals surface area contributed by atoms with E-state index in [1.165, 1.54) is 10.9 Å². The molecule has 6 heteroatoms. The lowest BCUT2D eigenvalue weighted by Gasteiger charge is -2.28. The van der Waals surface area contributed by atoms with E-state index in [0.29, 0.717) is 23.0 Å². The van der Waals surface area contributed by atoms with E-state index < -0.39 is 0 Å². The zero-order chi connectivity index (χ0) is 33.8. The van der Waals surface area contributed by atoms with E-state index in [1.54, 1.807) is 0 Å². The third-order valence-corrected chi connectivity index (χ3v) is 9.31. The molecular formula is C44H34N4O2. The van der Waals surface area contributed by atoms with Gasteiger partial charge in [0.05, 0.1) is 28.1 Å². The Balaban J connectivity index is 1.33. The van der Waals surface area contributed by atoms with Gasteiger partial charge in [-0.1, -0.05) is 75.4 Å². The van der Waals surface area contributed by atoms with E-state index in [2.05, 4.69) is 108 Å². The van der Waals surface area contributed by atoms with Crippen molar-refractivity contribution in [2.75, 3.05) is 4.90 Å². The van der Waals surface area contributed by atoms with Crippen LogP contribution in [-0.4, -0.2) is 14.5 Å². The lowest BCUT2D eigenvalue weighted by Crippen LogP contribution is -2.13. The fourth-order valence-corrected chi connectivity index (χ4v) is 6.82. The summed E-state index contributed by atoms with van der Waals surface area (Å²) in [5.41, 5.74) is 7.87. The van der Waals surface area contributed by atoms with E-state index >= 15 is 0 Å². The fourth-order valence-electron chi connectivity index (χ4n) is 6.82. The van der Waals surface area contributed by atoms with Crippen LogP contribution >= 0.6 is 0 Å². The predicted octanol–water partition coefficient (Wildman–Crippen LogP) is 11.9. The van der Waals surface area contributed by atoms with Gasteiger partial charge in [0, 0.05) is 34.4 Å². The van der Waals surface area contributed by atoms with Crippen molar-refractivity contribution in [3.05, 3.63) is 157 Å². The highest BCUT2D eigenvalue weighted by molar-refractivity contribution is 6.10. The van der Waals surface area contributed by atoms with E-state index in [9.17, 15) is 0 Å². The lowest BCUT2D eigenvalue weighted by molar-refractivity contribution is 0.423. The van der Waals surface area contributed by atoms with Crippen LogP contribution in [0.2, 0.25) is 0 Å². The van der Waals surface area contributed by atoms with Crippen LogP contribution in [0.4, 0.5) is 17.1 Å². The van der Waals surface area contributed by atoms with Crippen molar-refractivity contribution in [3.8, 4) is 40.1 Å². The molecule has 9 rings (SSSR count). The van der Waals surface area contributed by atoms with Crippen LogP contribution < -0.4 is 14.4 Å². The number of hydrogen-bond acceptors (Lipinski definition) is 5. The highest BCUT2D eigenvalue weighted by Gasteiger charge is 2.26. The number of ether oxygens (including phenoxy) is 2. The molecule has 0 aliphatic carbocycles. The molecule has 6 nitrogen and oxygen atoms in total. The number of pyridine rings is 2. The van der Waals surface area contributed by atoms with Gasteiger partial charge in [0.15, 0.2) is 23.0 Å². The summed E-state index contributed by atoms with van der Waals surface area (Å²) < 4.78 is 15.6. The first-order valence-corrected chi connectivity index (χ1v) is 16.8. The van der Waals surface area contributed by atoms with Crippen molar-refractivity contribution in [2.45, 2.75) is 26.2 Å². The minimum absolute atomic E-state index is 0.0268. The monoisotopic (exact) mass is 650 g/mol. The number of aromatic nitrogens is 3. The summed E-state index contributed by atoms with van der Waals surface area (Å²) in [5, 5.41) is 2.31. The van der Waals surface area contributed by atoms with Crippen molar-refractivity contribution < 1.29 is 9.47 Å². The quantitative estimate of drug-likeness (QED) is 0.190. The van der Waals surface area contributed by atoms with Crippen molar-refractivity contribution in [1.29, 1.82) is 0 Å². The van der Waals surface area contributed by atoms with Gasteiger partial charge in [0.2, 0.25) is 0 Å². The highest BCUT2D eigenvalue weighted by atomic mass is 16.5. The van der Waals surface area contributed by atoms with Gasteiger partial charge in [-0.2, -0.15) is 0 Å². The van der Waals surface area contributed by atoms with E-state index in [-0.39, 0.29) is 5.41 Å². The number of para-hydroxylation sites is 5. The fraction of sp³-hybridized carbons (Fsp3) is 0.0909. The molecule has 0 atom stereocenters. The third kappa shape index (κ3) is 5.04. The first kappa shape index (κ1) is 29.7. The van der Waals surface area contributed by atoms with Crippen LogP contribution in [0.15, 0.2) is 152 Å². The molecule has 0 fully saturated rings. The Bertz CT molecular complexity index is 2550. The lowest BCUT2D eigenvalue weighted by atomic mass is 9.88. The summed E-state index contributed by atoms with van der Waals surface area (Å²) in [5.74, 6) is 3.56. The molecule has 0 saturated heterocycles. The number of nitrogens with zero attached hydrogens (tertiary/aromatic N) is 4. The SMILES string of the molecule is CC(C)(C)c1ccnc(-n2c3ccccc3c3ccc(N4c5ccccc5Oc5ccccc5Oc5ccc(-c6ccccn6)cc54)cc32)c1. The summed E-state index contributed by atoms with van der Waals surface area (Å²) in [7, 11) is 0. The Hall–Kier alpha value is -6.40. The van der Waals surface area contributed by atoms with Crippen LogP contribution in [0.1, 0.15) is 26.3 Å². The largest absolute Gasteiger partial charge is 0.451 e. The van der Waals surface area contributed by atoms with Crippen molar-refractivity contribution in [1.82, 2.24) is 14.5 Å². The molecular weight excluding hydrogens is 617 g/mol. The van der Waals surface area contributed by atoms with Gasteiger partial charge >= 0.3 is 0 Å². The summed E-state index contributed by atoms with van der Waals surface area (Å²) >= 11 is 0. The molecule has 0 amide bonds. The number of rotatable bonds is 3. The van der Waals surface area contributed by atoms with Crippen molar-refractivity contribution in [3.63, 3.8) is 0 Å². The number of fused-ring (bicyclic) bond motifs is 6. The zero-order valence-electron chi connectivity index (χ0n) is 28.0. The summed E-state index contributed by atoms with van der Waals surface area (Å²) in [4.78, 5) is 11.8. The molecule has 1 aliphatic heterocycles. The minimum atomic E-state index is -0.0268. The van der Waals surface area contributed by atoms with Crippen LogP contribution in [0, 0.1) is 0 Å². The standard InChI is InChI=1S/C44H34N4O2/c1-44(2,3)30-23-25-46-43(27-30)48-35-14-5-4-12-32(35)33-21-20-31(28-37(33)48)47-36-15-6-7-16-39(36)49-41-17-8-9-18-42(41)50-40-22-19-29(26-38(40)47)34-13-10-11-24-45-34/h4-28H,1-3H3. The van der Waals surface area contributed by atoms with Crippen LogP contribution in [-0.2, 0) is 5.41 Å². The molecule has 0 spiro atoms. The summed E-state index contributed by atoms with van der Waals surface area (Å²) in [6.07, 6.45) is 3.74. The minimum Gasteiger partial charge on any atom is -0.451 e. The molecule has 50 heavy (non-hydrogen) atoms. The Morgan fingerprint density at radius 3 is 2.00 bits per heavy atom. The molecule has 0 saturated carbocycles. The third-order valence-electron chi connectivity index (χ3n) is 9.31. The molecule has 1 aliphatic rings. The van der Waals surface area contributed by atoms with E-state index in [1.807, 2.05) is 79.1 Å². The molecule has 8 aromatic rings. The van der Waals surface area contributed by atoms with E-state index in [4.69, 9.17) is 14.5 Å². The molecule has 0 unspecified atom stereocenters. The first-order valence-electron chi connectivity index (χ1n) is 16.8. The second kappa shape index (κ2) is 11.6. The van der Waals surface area contributed by atoms with Crippen LogP contribution in [0.25, 0.3) is 38.9 Å². The summed E-state index contributed by atoms with van der Waals surface area (Å²) in [6, 6.07) is 47.6. The molecule has 0 N–H and O–H groups in total. The molecule has 0 bridgehead atoms. The second-order valence-electron chi connectivity index (χ2n) is 13.6. The smallest absolute Gasteiger partial charge is 0.170 e. The highest BCUT2D eigenvalue weighted by Crippen LogP contribution is 2.51. The summed E-state index contributed by atoms with van der Waals surface area (Å²) in [6.45, 7) is 6.70. The first-order chi connectivity index (χ1) is 24.4. The maximum Gasteiger partial charge on any atom is 0.170 e. The van der Waals surface area contributed by atoms with Crippen molar-refractivity contribution >= 4 is 38.9 Å². The normalized spacial score (nSPS) is 12.6. The van der Waals surface area contributed by atoms with Gasteiger partial charge in [-0.05, 0) is 95.9 Å². The maximum atomic E-state index is 6.71. The topological polar surface area (TPSA) is 52.4 Å². The Morgan fingerprint density at radius 1 is 0.520 bits per heavy atom. The van der Waals surface area contributed by atoms with Gasteiger partial charge in [-0.3, -0.25) is 9.55 Å². The molecule has 4 heterocycles. The number of hydrogen-bond donors (Lipinski definition) is 0. The zero-order valence-corrected chi connectivity index (χ0v) is 28.0. The van der Waals surface area contributed by atoms with Crippen LogP contribution in [0.3, 0.4) is 0 Å². The average Bonchev–Trinajstić information content (AvgIpc) is 3.49. The Kier molecular flexibility index (Phi) is 6.92. The average molecular weight is 651 g/mol. The molecule has 0 radical (unpaired) electrons. The molecule has 5 aromatic carbocycles. The second-order valence-corrected chi connectivity index (χ2v) is 13.6. The number of benzene rings is 5. The van der Waals surface area contributed by atoms with Gasteiger partial charge in [-0.25, -0.2) is 4.98 Å². The van der Waals surface area contributed by atoms with Gasteiger partial charge in [0.1, 0.15) is 5.82 Å². The van der Waals surface area contributed by atoms with E-state index in [0.717, 1.165) is 50.6 Å². The maximum absolute atomic E-state index is 6.71. The number of anilines is 3. The molecule has 3 aromatic heterocycles. The van der Waals surface area contributed by atoms with Gasteiger partial charge in [-0.15, -0.1) is 0 Å². The van der Waals surface area contributed by atoms with Gasteiger partial charge in [0.25, 0.3) is 0 Å². The van der Waals surface area contributed by atoms with Crippen molar-refractivity contribution in [2.24, 2.45) is 0 Å².